The van der Waals surface area contributed by atoms with Crippen molar-refractivity contribution >= 4 is 0 Å². The molecule has 1 aromatic rings. The molecule has 0 aliphatic carbocycles. The van der Waals surface area contributed by atoms with Crippen molar-refractivity contribution in [3.05, 3.63) is 11.8 Å². The van der Waals surface area contributed by atoms with Gasteiger partial charge in [-0.15, -0.1) is 5.10 Å². The minimum atomic E-state index is 0.797. The van der Waals surface area contributed by atoms with E-state index in [0.717, 1.165) is 31.9 Å². The van der Waals surface area contributed by atoms with E-state index in [1.807, 2.05) is 0 Å². The number of hydrogen-bond donors (Lipinski definition) is 0. The number of aryl methyl sites for hydroxylation is 2. The molecule has 1 fully saturated rings. The second-order valence-corrected chi connectivity index (χ2v) is 6.49. The van der Waals surface area contributed by atoms with E-state index in [0.29, 0.717) is 0 Å². The lowest BCUT2D eigenvalue weighted by molar-refractivity contribution is 0.134. The van der Waals surface area contributed by atoms with E-state index >= 15 is 0 Å². The molecule has 0 saturated carbocycles. The lowest BCUT2D eigenvalue weighted by Crippen LogP contribution is -2.46. The summed E-state index contributed by atoms with van der Waals surface area (Å²) in [4.78, 5) is 5.11. The Balaban J connectivity index is 1.29. The Kier molecular flexibility index (Phi) is 5.73. The number of hydrogen-bond acceptors (Lipinski definition) is 4. The minimum absolute atomic E-state index is 0.797. The van der Waals surface area contributed by atoms with Gasteiger partial charge in [0.25, 0.3) is 0 Å². The lowest BCUT2D eigenvalue weighted by atomic mass is 10.1. The van der Waals surface area contributed by atoms with Gasteiger partial charge in [0.05, 0.1) is 6.61 Å². The number of unbranched alkanes of at least 4 members (excludes halogenated alkanes) is 1. The van der Waals surface area contributed by atoms with Crippen LogP contribution < -0.4 is 4.74 Å². The van der Waals surface area contributed by atoms with Crippen molar-refractivity contribution in [1.29, 1.82) is 0 Å². The monoisotopic (exact) mass is 306 g/mol. The first-order valence-electron chi connectivity index (χ1n) is 8.99. The molecule has 0 aromatic carbocycles. The number of piperazine rings is 1. The average molecular weight is 306 g/mol. The van der Waals surface area contributed by atoms with Crippen LogP contribution in [0.4, 0.5) is 0 Å². The van der Waals surface area contributed by atoms with Gasteiger partial charge >= 0.3 is 0 Å². The van der Waals surface area contributed by atoms with Crippen molar-refractivity contribution in [2.24, 2.45) is 0 Å². The van der Waals surface area contributed by atoms with Crippen LogP contribution in [0.2, 0.25) is 0 Å². The molecule has 22 heavy (non-hydrogen) atoms. The largest absolute Gasteiger partial charge is 0.477 e. The molecule has 0 amide bonds. The second kappa shape index (κ2) is 7.97. The molecule has 0 unspecified atom stereocenters. The van der Waals surface area contributed by atoms with Crippen molar-refractivity contribution in [1.82, 2.24) is 19.6 Å². The Hall–Kier alpha value is -1.07. The Labute approximate surface area is 134 Å². The predicted molar refractivity (Wildman–Crippen MR) is 88.4 cm³/mol. The van der Waals surface area contributed by atoms with E-state index in [4.69, 9.17) is 4.74 Å². The highest BCUT2D eigenvalue weighted by atomic mass is 16.5. The number of ether oxygens (including phenoxy) is 1. The van der Waals surface area contributed by atoms with Gasteiger partial charge in [-0.1, -0.05) is 6.92 Å². The summed E-state index contributed by atoms with van der Waals surface area (Å²) in [6, 6.07) is 2.13. The van der Waals surface area contributed by atoms with Gasteiger partial charge in [0, 0.05) is 44.5 Å². The highest BCUT2D eigenvalue weighted by Gasteiger charge is 2.15. The molecular weight excluding hydrogens is 276 g/mol. The van der Waals surface area contributed by atoms with Gasteiger partial charge in [0.15, 0.2) is 0 Å². The highest BCUT2D eigenvalue weighted by molar-refractivity contribution is 5.16. The fourth-order valence-electron chi connectivity index (χ4n) is 3.41. The van der Waals surface area contributed by atoms with Crippen LogP contribution in [0.5, 0.6) is 5.88 Å². The van der Waals surface area contributed by atoms with E-state index in [-0.39, 0.29) is 0 Å². The Morgan fingerprint density at radius 1 is 1.05 bits per heavy atom. The molecule has 0 radical (unpaired) electrons. The Morgan fingerprint density at radius 2 is 1.86 bits per heavy atom. The van der Waals surface area contributed by atoms with E-state index < -0.39 is 0 Å². The summed E-state index contributed by atoms with van der Waals surface area (Å²) in [6.07, 6.45) is 6.03. The third-order valence-corrected chi connectivity index (χ3v) is 4.92. The van der Waals surface area contributed by atoms with Gasteiger partial charge in [-0.3, -0.25) is 4.68 Å². The van der Waals surface area contributed by atoms with E-state index in [1.165, 1.54) is 64.2 Å². The van der Waals surface area contributed by atoms with Gasteiger partial charge < -0.3 is 14.5 Å². The number of aromatic nitrogens is 2. The molecule has 5 nitrogen and oxygen atoms in total. The van der Waals surface area contributed by atoms with Crippen LogP contribution in [-0.2, 0) is 13.0 Å². The number of likely N-dealkylation sites (N-methyl/N-ethyl adjacent to an activating group) is 1. The zero-order chi connectivity index (χ0) is 15.2. The van der Waals surface area contributed by atoms with E-state index in [9.17, 15) is 0 Å². The average Bonchev–Trinajstić information content (AvgIpc) is 2.98. The third-order valence-electron chi connectivity index (χ3n) is 4.92. The SMILES string of the molecule is CCN1CCN(CCCCOc2cc3n(n2)CCCC3)CC1. The van der Waals surface area contributed by atoms with Crippen molar-refractivity contribution in [3.63, 3.8) is 0 Å². The maximum absolute atomic E-state index is 5.82. The van der Waals surface area contributed by atoms with Gasteiger partial charge in [-0.05, 0) is 45.2 Å². The molecule has 0 bridgehead atoms. The molecule has 2 aliphatic heterocycles. The molecule has 3 heterocycles. The molecule has 124 valence electrons. The first-order valence-corrected chi connectivity index (χ1v) is 8.99. The van der Waals surface area contributed by atoms with Crippen LogP contribution in [-0.4, -0.2) is 65.5 Å². The summed E-state index contributed by atoms with van der Waals surface area (Å²) < 4.78 is 7.94. The van der Waals surface area contributed by atoms with Gasteiger partial charge in [0.1, 0.15) is 0 Å². The van der Waals surface area contributed by atoms with Gasteiger partial charge in [-0.25, -0.2) is 0 Å². The van der Waals surface area contributed by atoms with Crippen LogP contribution >= 0.6 is 0 Å². The quantitative estimate of drug-likeness (QED) is 0.722. The summed E-state index contributed by atoms with van der Waals surface area (Å²) in [6.45, 7) is 11.4. The number of rotatable bonds is 7. The van der Waals surface area contributed by atoms with Crippen LogP contribution in [0.3, 0.4) is 0 Å². The van der Waals surface area contributed by atoms with Crippen molar-refractivity contribution in [3.8, 4) is 5.88 Å². The van der Waals surface area contributed by atoms with Crippen molar-refractivity contribution in [2.75, 3.05) is 45.9 Å². The molecule has 1 saturated heterocycles. The fraction of sp³-hybridized carbons (Fsp3) is 0.824. The summed E-state index contributed by atoms with van der Waals surface area (Å²) in [7, 11) is 0. The molecule has 1 aromatic heterocycles. The second-order valence-electron chi connectivity index (χ2n) is 6.49. The summed E-state index contributed by atoms with van der Waals surface area (Å²) in [5.74, 6) is 0.827. The summed E-state index contributed by atoms with van der Waals surface area (Å²) in [5.41, 5.74) is 1.34. The number of fused-ring (bicyclic) bond motifs is 1. The highest BCUT2D eigenvalue weighted by Crippen LogP contribution is 2.19. The Bertz CT molecular complexity index is 428. The van der Waals surface area contributed by atoms with Crippen LogP contribution in [0.15, 0.2) is 6.07 Å². The summed E-state index contributed by atoms with van der Waals surface area (Å²) in [5, 5.41) is 4.53. The first kappa shape index (κ1) is 15.8. The van der Waals surface area contributed by atoms with Gasteiger partial charge in [0.2, 0.25) is 5.88 Å². The molecule has 0 atom stereocenters. The minimum Gasteiger partial charge on any atom is -0.477 e. The van der Waals surface area contributed by atoms with Crippen molar-refractivity contribution < 1.29 is 4.74 Å². The van der Waals surface area contributed by atoms with Crippen LogP contribution in [0, 0.1) is 0 Å². The zero-order valence-electron chi connectivity index (χ0n) is 14.0. The van der Waals surface area contributed by atoms with E-state index in [1.54, 1.807) is 0 Å². The number of nitrogens with zero attached hydrogens (tertiary/aromatic N) is 4. The zero-order valence-corrected chi connectivity index (χ0v) is 14.0. The van der Waals surface area contributed by atoms with Crippen molar-refractivity contribution in [2.45, 2.75) is 45.6 Å². The molecule has 0 N–H and O–H groups in total. The molecule has 0 spiro atoms. The molecule has 5 heteroatoms. The predicted octanol–water partition coefficient (Wildman–Crippen LogP) is 2.02. The fourth-order valence-corrected chi connectivity index (χ4v) is 3.41. The maximum Gasteiger partial charge on any atom is 0.232 e. The van der Waals surface area contributed by atoms with Crippen LogP contribution in [0.25, 0.3) is 0 Å². The molecule has 2 aliphatic rings. The first-order chi connectivity index (χ1) is 10.8. The third kappa shape index (κ3) is 4.23. The van der Waals surface area contributed by atoms with E-state index in [2.05, 4.69) is 32.6 Å². The standard InChI is InChI=1S/C17H30N4O/c1-2-19-10-12-20(13-11-19)8-5-6-14-22-17-15-16-7-3-4-9-21(16)18-17/h15H,2-14H2,1H3. The maximum atomic E-state index is 5.82. The summed E-state index contributed by atoms with van der Waals surface area (Å²) >= 11 is 0. The molecule has 3 rings (SSSR count). The smallest absolute Gasteiger partial charge is 0.232 e. The topological polar surface area (TPSA) is 33.5 Å². The lowest BCUT2D eigenvalue weighted by Gasteiger charge is -2.33. The molecular formula is C17H30N4O. The van der Waals surface area contributed by atoms with Gasteiger partial charge in [-0.2, -0.15) is 0 Å². The van der Waals surface area contributed by atoms with Crippen LogP contribution in [0.1, 0.15) is 38.3 Å². The Morgan fingerprint density at radius 3 is 2.64 bits per heavy atom. The normalized spacial score (nSPS) is 20.0.